The number of phenolic OH excluding ortho intramolecular Hbond substituents is 1. The van der Waals surface area contributed by atoms with Crippen LogP contribution in [0, 0.1) is 0 Å². The molecule has 1 atom stereocenters. The van der Waals surface area contributed by atoms with E-state index >= 15 is 0 Å². The van der Waals surface area contributed by atoms with Crippen molar-refractivity contribution in [1.29, 1.82) is 0 Å². The number of nitrogens with zero attached hydrogens (tertiary/aromatic N) is 2. The van der Waals surface area contributed by atoms with Crippen molar-refractivity contribution in [3.05, 3.63) is 70.7 Å². The Morgan fingerprint density at radius 3 is 2.59 bits per heavy atom. The van der Waals surface area contributed by atoms with Crippen molar-refractivity contribution < 1.29 is 29.0 Å². The molecule has 2 amide bonds. The summed E-state index contributed by atoms with van der Waals surface area (Å²) in [6.45, 7) is 5.66. The Labute approximate surface area is 231 Å². The predicted molar refractivity (Wildman–Crippen MR) is 148 cm³/mol. The third kappa shape index (κ3) is 6.86. The third-order valence-corrected chi connectivity index (χ3v) is 6.40. The van der Waals surface area contributed by atoms with E-state index in [1.165, 1.54) is 29.3 Å². The van der Waals surface area contributed by atoms with Gasteiger partial charge < -0.3 is 19.5 Å². The van der Waals surface area contributed by atoms with Gasteiger partial charge in [0.25, 0.3) is 11.8 Å². The van der Waals surface area contributed by atoms with E-state index in [9.17, 15) is 19.5 Å². The number of hydrogen-bond donors (Lipinski definition) is 2. The highest BCUT2D eigenvalue weighted by Gasteiger charge is 2.37. The van der Waals surface area contributed by atoms with Crippen LogP contribution in [0.2, 0.25) is 5.02 Å². The second-order valence-corrected chi connectivity index (χ2v) is 10.5. The highest BCUT2D eigenvalue weighted by atomic mass is 35.5. The molecule has 1 saturated heterocycles. The van der Waals surface area contributed by atoms with Gasteiger partial charge in [-0.05, 0) is 69.3 Å². The zero-order chi connectivity index (χ0) is 28.2. The van der Waals surface area contributed by atoms with Gasteiger partial charge in [-0.3, -0.25) is 9.59 Å². The zero-order valence-electron chi connectivity index (χ0n) is 21.9. The number of halogens is 1. The fourth-order valence-electron chi connectivity index (χ4n) is 4.31. The molecule has 0 spiro atoms. The molecule has 0 radical (unpaired) electrons. The molecule has 1 unspecified atom stereocenters. The lowest BCUT2D eigenvalue weighted by atomic mass is 10.0. The van der Waals surface area contributed by atoms with Crippen LogP contribution in [0.4, 0.5) is 0 Å². The molecule has 3 aromatic rings. The highest BCUT2D eigenvalue weighted by molar-refractivity contribution is 6.32. The summed E-state index contributed by atoms with van der Waals surface area (Å²) in [6.07, 6.45) is 2.80. The van der Waals surface area contributed by atoms with Gasteiger partial charge in [-0.1, -0.05) is 35.9 Å². The number of benzene rings is 3. The number of ether oxygens (including phenoxy) is 2. The van der Waals surface area contributed by atoms with Gasteiger partial charge in [0.1, 0.15) is 23.1 Å². The fraction of sp³-hybridized carbons (Fsp3) is 0.310. The molecule has 1 aliphatic rings. The van der Waals surface area contributed by atoms with E-state index in [1.54, 1.807) is 32.9 Å². The first-order valence-corrected chi connectivity index (χ1v) is 12.9. The number of aromatic hydroxyl groups is 1. The topological polar surface area (TPSA) is 118 Å². The summed E-state index contributed by atoms with van der Waals surface area (Å²) >= 11 is 5.87. The monoisotopic (exact) mass is 551 g/mol. The number of hydrogen-bond acceptors (Lipinski definition) is 7. The molecule has 0 aromatic heterocycles. The minimum absolute atomic E-state index is 0.0665. The van der Waals surface area contributed by atoms with Gasteiger partial charge in [-0.15, -0.1) is 0 Å². The van der Waals surface area contributed by atoms with Crippen LogP contribution in [0.1, 0.15) is 49.5 Å². The Hall–Kier alpha value is -4.11. The smallest absolute Gasteiger partial charge is 0.329 e. The first kappa shape index (κ1) is 27.9. The molecule has 0 aliphatic carbocycles. The molecular weight excluding hydrogens is 522 g/mol. The second-order valence-electron chi connectivity index (χ2n) is 10.1. The van der Waals surface area contributed by atoms with Crippen LogP contribution in [0.3, 0.4) is 0 Å². The molecule has 2 N–H and O–H groups in total. The fourth-order valence-corrected chi connectivity index (χ4v) is 4.49. The molecule has 4 rings (SSSR count). The van der Waals surface area contributed by atoms with Crippen molar-refractivity contribution >= 4 is 46.4 Å². The number of hydrazone groups is 1. The van der Waals surface area contributed by atoms with Crippen LogP contribution in [-0.4, -0.2) is 58.8 Å². The molecule has 10 heteroatoms. The van der Waals surface area contributed by atoms with Gasteiger partial charge in [-0.2, -0.15) is 5.10 Å². The minimum Gasteiger partial charge on any atom is -0.506 e. The largest absolute Gasteiger partial charge is 0.506 e. The maximum absolute atomic E-state index is 13.0. The third-order valence-electron chi connectivity index (χ3n) is 6.10. The number of carbonyl (C=O) groups is 3. The second kappa shape index (κ2) is 11.7. The molecular formula is C29H30ClN3O6. The molecule has 39 heavy (non-hydrogen) atoms. The Bertz CT molecular complexity index is 1430. The number of fused-ring (bicyclic) bond motifs is 1. The molecule has 204 valence electrons. The summed E-state index contributed by atoms with van der Waals surface area (Å²) in [6, 6.07) is 14.5. The van der Waals surface area contributed by atoms with E-state index in [-0.39, 0.29) is 28.8 Å². The number of esters is 1. The van der Waals surface area contributed by atoms with Gasteiger partial charge in [0, 0.05) is 23.1 Å². The Balaban J connectivity index is 1.43. The summed E-state index contributed by atoms with van der Waals surface area (Å²) < 4.78 is 11.4. The number of amides is 2. The number of likely N-dealkylation sites (tertiary alicyclic amines) is 1. The van der Waals surface area contributed by atoms with Crippen molar-refractivity contribution in [3.63, 3.8) is 0 Å². The Morgan fingerprint density at radius 1 is 1.13 bits per heavy atom. The van der Waals surface area contributed by atoms with Gasteiger partial charge in [-0.25, -0.2) is 10.2 Å². The van der Waals surface area contributed by atoms with Crippen LogP contribution in [0.25, 0.3) is 10.8 Å². The normalized spacial score (nSPS) is 15.5. The van der Waals surface area contributed by atoms with Gasteiger partial charge in [0.2, 0.25) is 0 Å². The lowest BCUT2D eigenvalue weighted by molar-refractivity contribution is -0.163. The van der Waals surface area contributed by atoms with Gasteiger partial charge in [0.05, 0.1) is 11.2 Å². The number of phenols is 1. The number of rotatable bonds is 7. The molecule has 0 saturated carbocycles. The van der Waals surface area contributed by atoms with E-state index in [4.69, 9.17) is 21.1 Å². The van der Waals surface area contributed by atoms with Crippen LogP contribution >= 0.6 is 11.6 Å². The zero-order valence-corrected chi connectivity index (χ0v) is 22.7. The van der Waals surface area contributed by atoms with Crippen molar-refractivity contribution in [1.82, 2.24) is 10.3 Å². The first-order valence-electron chi connectivity index (χ1n) is 12.5. The lowest BCUT2D eigenvalue weighted by Gasteiger charge is -2.27. The lowest BCUT2D eigenvalue weighted by Crippen LogP contribution is -2.45. The summed E-state index contributed by atoms with van der Waals surface area (Å²) in [5.41, 5.74) is 2.79. The summed E-state index contributed by atoms with van der Waals surface area (Å²) in [5.74, 6) is -0.775. The maximum atomic E-state index is 13.0. The summed E-state index contributed by atoms with van der Waals surface area (Å²) in [7, 11) is 0. The minimum atomic E-state index is -0.628. The first-order chi connectivity index (χ1) is 18.5. The Morgan fingerprint density at radius 2 is 1.87 bits per heavy atom. The van der Waals surface area contributed by atoms with Crippen LogP contribution in [0.5, 0.6) is 11.5 Å². The van der Waals surface area contributed by atoms with E-state index in [1.807, 2.05) is 24.3 Å². The molecule has 9 nitrogen and oxygen atoms in total. The van der Waals surface area contributed by atoms with E-state index < -0.39 is 23.5 Å². The molecule has 1 aliphatic heterocycles. The van der Waals surface area contributed by atoms with E-state index in [0.717, 1.165) is 22.8 Å². The van der Waals surface area contributed by atoms with Crippen molar-refractivity contribution in [2.45, 2.75) is 45.3 Å². The van der Waals surface area contributed by atoms with Gasteiger partial charge >= 0.3 is 5.97 Å². The van der Waals surface area contributed by atoms with Crippen molar-refractivity contribution in [2.24, 2.45) is 5.10 Å². The van der Waals surface area contributed by atoms with Crippen LogP contribution in [-0.2, 0) is 14.3 Å². The number of nitrogens with one attached hydrogen (secondary N) is 1. The molecule has 1 heterocycles. The SMILES string of the molecule is CC(C)(C)OC(=O)C1CCCN1C(=O)COc1ccc(C=NNC(=O)c2ccc(O)c(Cl)c2)c2ccccc12. The molecule has 1 fully saturated rings. The van der Waals surface area contributed by atoms with E-state index in [2.05, 4.69) is 10.5 Å². The average Bonchev–Trinajstić information content (AvgIpc) is 3.39. The molecule has 0 bridgehead atoms. The van der Waals surface area contributed by atoms with Crippen LogP contribution in [0.15, 0.2) is 59.7 Å². The maximum Gasteiger partial charge on any atom is 0.329 e. The molecule has 3 aromatic carbocycles. The summed E-state index contributed by atoms with van der Waals surface area (Å²) in [4.78, 5) is 39.4. The predicted octanol–water partition coefficient (Wildman–Crippen LogP) is 4.67. The van der Waals surface area contributed by atoms with Crippen LogP contribution < -0.4 is 10.2 Å². The number of carbonyl (C=O) groups excluding carboxylic acids is 3. The Kier molecular flexibility index (Phi) is 8.40. The van der Waals surface area contributed by atoms with E-state index in [0.29, 0.717) is 18.7 Å². The van der Waals surface area contributed by atoms with Crippen molar-refractivity contribution in [3.8, 4) is 11.5 Å². The standard InChI is InChI=1S/C29H30ClN3O6/c1-29(2,3)39-28(37)23-9-6-14-33(23)26(35)17-38-25-13-11-19(20-7-4-5-8-21(20)25)16-31-32-27(36)18-10-12-24(34)22(30)15-18/h4-5,7-8,10-13,15-16,23,34H,6,9,14,17H2,1-3H3,(H,32,36). The highest BCUT2D eigenvalue weighted by Crippen LogP contribution is 2.29. The van der Waals surface area contributed by atoms with Gasteiger partial charge in [0.15, 0.2) is 6.61 Å². The van der Waals surface area contributed by atoms with Crippen molar-refractivity contribution in [2.75, 3.05) is 13.2 Å². The quantitative estimate of drug-likeness (QED) is 0.250. The summed E-state index contributed by atoms with van der Waals surface area (Å²) in [5, 5.41) is 15.2. The average molecular weight is 552 g/mol.